The zero-order valence-corrected chi connectivity index (χ0v) is 17.6. The molecule has 101 valence electrons. The van der Waals surface area contributed by atoms with Crippen LogP contribution in [0.1, 0.15) is 54.9 Å². The number of carbonyl (C=O) groups is 2. The van der Waals surface area contributed by atoms with Gasteiger partial charge in [-0.05, 0) is 0 Å². The van der Waals surface area contributed by atoms with Gasteiger partial charge in [0.15, 0.2) is 0 Å². The average Bonchev–Trinajstić information content (AvgIpc) is 2.25. The topological polar surface area (TPSA) is 34.1 Å². The van der Waals surface area contributed by atoms with Gasteiger partial charge >= 0.3 is 135 Å². The number of hydrogen-bond donors (Lipinski definition) is 0. The van der Waals surface area contributed by atoms with Crippen molar-refractivity contribution in [2.75, 3.05) is 0 Å². The number of rotatable bonds is 6. The van der Waals surface area contributed by atoms with Crippen LogP contribution >= 0.6 is 0 Å². The molecule has 0 saturated heterocycles. The van der Waals surface area contributed by atoms with E-state index in [0.29, 0.717) is 13.2 Å². The van der Waals surface area contributed by atoms with Crippen molar-refractivity contribution in [3.05, 3.63) is 11.1 Å². The van der Waals surface area contributed by atoms with Crippen LogP contribution in [0.3, 0.4) is 0 Å². The minimum absolute atomic E-state index is 0.0352. The summed E-state index contributed by atoms with van der Waals surface area (Å²) < 4.78 is 1.28. The van der Waals surface area contributed by atoms with Crippen molar-refractivity contribution >= 4 is 6.75 Å². The van der Waals surface area contributed by atoms with Crippen molar-refractivity contribution in [2.45, 2.75) is 56.5 Å². The summed E-state index contributed by atoms with van der Waals surface area (Å²) in [5.74, 6) is 0.412. The van der Waals surface area contributed by atoms with Gasteiger partial charge in [-0.1, -0.05) is 0 Å². The Morgan fingerprint density at radius 3 is 2.00 bits per heavy atom. The van der Waals surface area contributed by atoms with Crippen molar-refractivity contribution in [3.63, 3.8) is 0 Å². The molecule has 0 saturated carbocycles. The maximum atomic E-state index is 12.0. The Balaban J connectivity index is 4.19. The van der Waals surface area contributed by atoms with E-state index in [9.17, 15) is 9.59 Å². The number of ketones is 1. The van der Waals surface area contributed by atoms with E-state index < -0.39 is 39.7 Å². The van der Waals surface area contributed by atoms with Crippen LogP contribution in [0.15, 0.2) is 11.1 Å². The summed E-state index contributed by atoms with van der Waals surface area (Å²) in [4.78, 5) is 23.8. The third-order valence-corrected chi connectivity index (χ3v) is 9.30. The molecule has 3 heteroatoms. The molecule has 0 spiro atoms. The Hall–Kier alpha value is 0.522. The Bertz CT molecular complexity index is 344. The van der Waals surface area contributed by atoms with E-state index in [4.69, 9.17) is 0 Å². The monoisotopic (exact) mass is 465 g/mol. The van der Waals surface area contributed by atoms with Gasteiger partial charge in [-0.15, -0.1) is 0 Å². The zero-order chi connectivity index (χ0) is 14.5. The Morgan fingerprint density at radius 1 is 1.11 bits per heavy atom. The van der Waals surface area contributed by atoms with Crippen molar-refractivity contribution in [3.8, 4) is 0 Å². The van der Waals surface area contributed by atoms with Gasteiger partial charge in [0.25, 0.3) is 0 Å². The second-order valence-corrected chi connectivity index (χ2v) is 12.5. The molecule has 0 bridgehead atoms. The van der Waals surface area contributed by atoms with Crippen molar-refractivity contribution in [1.82, 2.24) is 0 Å². The predicted octanol–water partition coefficient (Wildman–Crippen LogP) is 4.01. The van der Waals surface area contributed by atoms with E-state index in [-0.39, 0.29) is 11.3 Å². The molecule has 0 N–H and O–H groups in total. The van der Waals surface area contributed by atoms with Crippen LogP contribution in [0.4, 0.5) is 0 Å². The SMILES string of the molecule is CC(C)=C(C)[C](=O)[Ac][CH2]CC(=O)C(C)C(C)(C)C. The van der Waals surface area contributed by atoms with E-state index in [0.717, 1.165) is 12.7 Å². The molecular formula is C15H26AcO2. The molecule has 0 aliphatic rings. The Morgan fingerprint density at radius 2 is 1.61 bits per heavy atom. The third kappa shape index (κ3) is 6.62. The molecule has 0 aromatic carbocycles. The molecule has 1 atom stereocenters. The molecule has 0 aromatic heterocycles. The fraction of sp³-hybridized carbons (Fsp3) is 0.733. The first-order valence-corrected chi connectivity index (χ1v) is 12.3. The summed E-state index contributed by atoms with van der Waals surface area (Å²) in [5.41, 5.74) is 2.09. The Kier molecular flexibility index (Phi) is 8.18. The van der Waals surface area contributed by atoms with Crippen LogP contribution in [0.25, 0.3) is 0 Å². The standard InChI is InChI=1S/C9H17O.C6H9O.Ac/c1-6-8(10)7(2)9(3,4)5;1-5(2)6(3)4-7;/h7H,1,6H2,2-5H3;1-3H3;. The average molecular weight is 465 g/mol. The molecule has 1 unspecified atom stereocenters. The van der Waals surface area contributed by atoms with Crippen LogP contribution in [0.2, 0.25) is 1.60 Å². The van der Waals surface area contributed by atoms with Gasteiger partial charge in [0, 0.05) is 0 Å². The van der Waals surface area contributed by atoms with Crippen LogP contribution in [0.5, 0.6) is 0 Å². The van der Waals surface area contributed by atoms with E-state index in [1.165, 1.54) is 0 Å². The fourth-order valence-electron chi connectivity index (χ4n) is 1.44. The molecule has 0 aromatic rings. The quantitative estimate of drug-likeness (QED) is 0.556. The first-order valence-electron chi connectivity index (χ1n) is 6.61. The Labute approximate surface area is 134 Å². The van der Waals surface area contributed by atoms with Crippen LogP contribution in [-0.4, -0.2) is 6.75 Å². The number of Topliss-reactive ketones (excluding diaryl/α,β-unsaturated/α-hetero) is 1. The van der Waals surface area contributed by atoms with Gasteiger partial charge < -0.3 is 0 Å². The normalized spacial score (nSPS) is 12.6. The first-order chi connectivity index (χ1) is 8.07. The molecular weight excluding hydrogens is 439 g/mol. The third-order valence-electron chi connectivity index (χ3n) is 3.62. The van der Waals surface area contributed by atoms with E-state index >= 15 is 0 Å². The number of hydrogen-bond acceptors (Lipinski definition) is 2. The zero-order valence-electron chi connectivity index (χ0n) is 12.9. The predicted molar refractivity (Wildman–Crippen MR) is 72.1 cm³/mol. The van der Waals surface area contributed by atoms with Crippen LogP contribution < -0.4 is 0 Å². The molecule has 0 heterocycles. The van der Waals surface area contributed by atoms with Gasteiger partial charge in [-0.2, -0.15) is 0 Å². The molecule has 0 aliphatic carbocycles. The van der Waals surface area contributed by atoms with Gasteiger partial charge in [0.1, 0.15) is 0 Å². The van der Waals surface area contributed by atoms with Gasteiger partial charge in [0.2, 0.25) is 0 Å². The van der Waals surface area contributed by atoms with E-state index in [1.54, 1.807) is 0 Å². The second kappa shape index (κ2) is 7.95. The summed E-state index contributed by atoms with van der Waals surface area (Å²) in [7, 11) is 0. The molecule has 0 rings (SSSR count). The first kappa shape index (κ1) is 18.5. The van der Waals surface area contributed by atoms with Crippen LogP contribution in [-0.2, 0) is 9.59 Å². The molecule has 0 radical (unpaired) electrons. The summed E-state index contributed by atoms with van der Waals surface area (Å²) >= 11 is -1.53. The molecule has 0 fully saturated rings. The van der Waals surface area contributed by atoms with E-state index in [1.807, 2.05) is 27.7 Å². The van der Waals surface area contributed by atoms with Crippen molar-refractivity contribution in [2.24, 2.45) is 11.3 Å². The van der Waals surface area contributed by atoms with E-state index in [2.05, 4.69) is 20.8 Å². The summed E-state index contributed by atoms with van der Waals surface area (Å²) in [5, 5.41) is 0. The van der Waals surface area contributed by atoms with Gasteiger partial charge in [0.05, 0.1) is 0 Å². The molecule has 18 heavy (non-hydrogen) atoms. The molecule has 0 amide bonds. The van der Waals surface area contributed by atoms with Crippen LogP contribution in [0, 0.1) is 51.0 Å². The summed E-state index contributed by atoms with van der Waals surface area (Å²) in [6.07, 6.45) is 0.612. The number of allylic oxidation sites excluding steroid dienone is 2. The van der Waals surface area contributed by atoms with Gasteiger partial charge in [-0.3, -0.25) is 0 Å². The molecule has 2 nitrogen and oxygen atoms in total. The summed E-state index contributed by atoms with van der Waals surface area (Å²) in [6.45, 7) is 14.2. The minimum atomic E-state index is -1.53. The van der Waals surface area contributed by atoms with Crippen molar-refractivity contribution in [1.29, 1.82) is 0 Å². The molecule has 0 aliphatic heterocycles. The maximum absolute atomic E-state index is 12.0. The summed E-state index contributed by atoms with van der Waals surface area (Å²) in [6, 6.07) is 0. The number of carbonyl (C=O) groups excluding carboxylic acids is 2. The van der Waals surface area contributed by atoms with Crippen molar-refractivity contribution < 1.29 is 49.3 Å². The fourth-order valence-corrected chi connectivity index (χ4v) is 6.73. The second-order valence-electron chi connectivity index (χ2n) is 6.29. The van der Waals surface area contributed by atoms with Gasteiger partial charge in [-0.25, -0.2) is 0 Å².